The number of anilines is 1. The maximum Gasteiger partial charge on any atom is 0.428 e. The zero-order valence-corrected chi connectivity index (χ0v) is 24.8. The molecule has 0 bridgehead atoms. The third-order valence-electron chi connectivity index (χ3n) is 8.30. The molecule has 2 heterocycles. The van der Waals surface area contributed by atoms with Crippen molar-refractivity contribution in [1.29, 1.82) is 0 Å². The van der Waals surface area contributed by atoms with E-state index < -0.39 is 33.5 Å². The number of halogens is 1. The Labute approximate surface area is 244 Å². The van der Waals surface area contributed by atoms with Crippen LogP contribution < -0.4 is 9.04 Å². The van der Waals surface area contributed by atoms with Crippen molar-refractivity contribution in [2.45, 2.75) is 43.1 Å². The van der Waals surface area contributed by atoms with Crippen LogP contribution in [0.4, 0.5) is 14.9 Å². The first-order chi connectivity index (χ1) is 19.9. The molecule has 1 amide bonds. The van der Waals surface area contributed by atoms with Crippen molar-refractivity contribution in [3.05, 3.63) is 58.9 Å². The molecule has 1 saturated heterocycles. The van der Waals surface area contributed by atoms with Crippen LogP contribution in [0.1, 0.15) is 54.1 Å². The van der Waals surface area contributed by atoms with E-state index in [1.165, 1.54) is 12.1 Å². The number of carbonyl (C=O) groups is 2. The predicted molar refractivity (Wildman–Crippen MR) is 152 cm³/mol. The minimum Gasteiger partial charge on any atom is -0.492 e. The Balaban J connectivity index is 1.53. The summed E-state index contributed by atoms with van der Waals surface area (Å²) in [5.41, 5.74) is -0.553. The van der Waals surface area contributed by atoms with Crippen LogP contribution >= 0.6 is 0 Å². The molecule has 2 aromatic rings. The largest absolute Gasteiger partial charge is 0.492 e. The Morgan fingerprint density at radius 3 is 2.64 bits per heavy atom. The Morgan fingerprint density at radius 2 is 1.98 bits per heavy atom. The molecule has 0 unspecified atom stereocenters. The van der Waals surface area contributed by atoms with Gasteiger partial charge in [-0.15, -0.1) is 0 Å². The van der Waals surface area contributed by atoms with Gasteiger partial charge in [0.05, 0.1) is 37.0 Å². The highest BCUT2D eigenvalue weighted by molar-refractivity contribution is 7.93. The van der Waals surface area contributed by atoms with Gasteiger partial charge in [-0.1, -0.05) is 18.2 Å². The molecule has 226 valence electrons. The van der Waals surface area contributed by atoms with Crippen LogP contribution in [-0.2, 0) is 19.5 Å². The molecule has 1 aliphatic carbocycles. The average Bonchev–Trinajstić information content (AvgIpc) is 3.59. The highest BCUT2D eigenvalue weighted by atomic mass is 32.2. The van der Waals surface area contributed by atoms with Crippen LogP contribution in [0.5, 0.6) is 5.75 Å². The van der Waals surface area contributed by atoms with Gasteiger partial charge < -0.3 is 19.3 Å². The van der Waals surface area contributed by atoms with Crippen molar-refractivity contribution >= 4 is 33.8 Å². The minimum atomic E-state index is -4.75. The molecule has 1 saturated carbocycles. The number of esters is 1. The second-order valence-corrected chi connectivity index (χ2v) is 13.3. The Kier molecular flexibility index (Phi) is 8.08. The molecule has 5 rings (SSSR count). The van der Waals surface area contributed by atoms with E-state index in [1.54, 1.807) is 26.0 Å². The van der Waals surface area contributed by atoms with E-state index in [0.29, 0.717) is 29.9 Å². The second-order valence-electron chi connectivity index (χ2n) is 11.5. The lowest BCUT2D eigenvalue weighted by atomic mass is 9.90. The summed E-state index contributed by atoms with van der Waals surface area (Å²) in [4.78, 5) is 27.9. The smallest absolute Gasteiger partial charge is 0.428 e. The fourth-order valence-corrected chi connectivity index (χ4v) is 7.35. The summed E-state index contributed by atoms with van der Waals surface area (Å²) in [6.45, 7) is 5.77. The van der Waals surface area contributed by atoms with Gasteiger partial charge in [-0.3, -0.25) is 4.90 Å². The summed E-state index contributed by atoms with van der Waals surface area (Å²) in [6.07, 6.45) is 3.62. The number of sulfonamides is 1. The second kappa shape index (κ2) is 11.3. The molecule has 10 nitrogen and oxygen atoms in total. The molecular weight excluding hydrogens is 567 g/mol. The maximum absolute atomic E-state index is 14.4. The first-order valence-electron chi connectivity index (χ1n) is 13.8. The SMILES string of the molecule is COC(=O)c1c(N(C(=O)OC)S(=O)(=O)c2ccc(F)cc2/C=C\CN2CC[C@H](C(C)(C)O)C2)ccc2c1OC[C@@H]1C[C@H]21. The predicted octanol–water partition coefficient (Wildman–Crippen LogP) is 4.18. The zero-order chi connectivity index (χ0) is 30.4. The van der Waals surface area contributed by atoms with Gasteiger partial charge in [-0.25, -0.2) is 22.4 Å². The lowest BCUT2D eigenvalue weighted by Crippen LogP contribution is -2.38. The standard InChI is InChI=1S/C30H35FN2O8S/c1-30(2,36)20-11-13-32(16-20)12-5-6-18-14-21(31)7-10-25(18)42(37,38)33(29(35)40-4)24-9-8-22-23-15-19(23)17-41-27(22)26(24)28(34)39-3/h5-10,14,19-20,23,36H,11-13,15-17H2,1-4H3/b6-5-/t19-,20-,23-/m0/s1. The number of ether oxygens (including phenoxy) is 3. The topological polar surface area (TPSA) is 123 Å². The number of methoxy groups -OCH3 is 2. The number of aliphatic hydroxyl groups is 1. The number of amides is 1. The molecule has 2 fully saturated rings. The summed E-state index contributed by atoms with van der Waals surface area (Å²) < 4.78 is 58.8. The first-order valence-corrected chi connectivity index (χ1v) is 15.2. The number of benzene rings is 2. The summed E-state index contributed by atoms with van der Waals surface area (Å²) in [5.74, 6) is -0.768. The summed E-state index contributed by atoms with van der Waals surface area (Å²) >= 11 is 0. The fraction of sp³-hybridized carbons (Fsp3) is 0.467. The van der Waals surface area contributed by atoms with Crippen molar-refractivity contribution < 1.29 is 41.7 Å². The van der Waals surface area contributed by atoms with Crippen LogP contribution in [-0.4, -0.2) is 76.5 Å². The van der Waals surface area contributed by atoms with Gasteiger partial charge in [0, 0.05) is 24.9 Å². The monoisotopic (exact) mass is 602 g/mol. The Bertz CT molecular complexity index is 1530. The average molecular weight is 603 g/mol. The maximum atomic E-state index is 14.4. The normalized spacial score (nSPS) is 21.8. The van der Waals surface area contributed by atoms with Crippen LogP contribution in [0.25, 0.3) is 6.08 Å². The van der Waals surface area contributed by atoms with E-state index in [1.807, 2.05) is 0 Å². The molecule has 2 aromatic carbocycles. The van der Waals surface area contributed by atoms with Crippen molar-refractivity contribution in [2.24, 2.45) is 11.8 Å². The zero-order valence-electron chi connectivity index (χ0n) is 24.0. The number of rotatable bonds is 8. The van der Waals surface area contributed by atoms with Gasteiger partial charge in [0.2, 0.25) is 0 Å². The molecule has 42 heavy (non-hydrogen) atoms. The number of carbonyl (C=O) groups excluding carboxylic acids is 2. The van der Waals surface area contributed by atoms with Crippen molar-refractivity contribution in [3.63, 3.8) is 0 Å². The van der Waals surface area contributed by atoms with Crippen molar-refractivity contribution in [1.82, 2.24) is 4.90 Å². The highest BCUT2D eigenvalue weighted by Gasteiger charge is 2.47. The van der Waals surface area contributed by atoms with Gasteiger partial charge in [-0.2, -0.15) is 4.31 Å². The van der Waals surface area contributed by atoms with Crippen LogP contribution in [0.3, 0.4) is 0 Å². The molecule has 2 aliphatic heterocycles. The summed E-state index contributed by atoms with van der Waals surface area (Å²) in [5, 5.41) is 10.3. The third kappa shape index (κ3) is 5.62. The summed E-state index contributed by atoms with van der Waals surface area (Å²) in [7, 11) is -2.58. The lowest BCUT2D eigenvalue weighted by Gasteiger charge is -2.27. The van der Waals surface area contributed by atoms with E-state index in [-0.39, 0.29) is 39.3 Å². The number of likely N-dealkylation sites (tertiary alicyclic amines) is 1. The number of nitrogens with zero attached hydrogens (tertiary/aromatic N) is 2. The Morgan fingerprint density at radius 1 is 1.21 bits per heavy atom. The summed E-state index contributed by atoms with van der Waals surface area (Å²) in [6, 6.07) is 6.14. The fourth-order valence-electron chi connectivity index (χ4n) is 5.80. The van der Waals surface area contributed by atoms with Gasteiger partial charge in [0.1, 0.15) is 17.1 Å². The molecule has 3 atom stereocenters. The van der Waals surface area contributed by atoms with E-state index in [9.17, 15) is 27.5 Å². The molecule has 0 spiro atoms. The molecule has 12 heteroatoms. The quantitative estimate of drug-likeness (QED) is 0.444. The van der Waals surface area contributed by atoms with E-state index in [2.05, 4.69) is 4.90 Å². The molecular formula is C30H35FN2O8S. The highest BCUT2D eigenvalue weighted by Crippen LogP contribution is 2.56. The van der Waals surface area contributed by atoms with Crippen molar-refractivity contribution in [2.75, 3.05) is 44.8 Å². The van der Waals surface area contributed by atoms with Gasteiger partial charge >= 0.3 is 12.1 Å². The third-order valence-corrected chi connectivity index (χ3v) is 10.1. The van der Waals surface area contributed by atoms with E-state index in [4.69, 9.17) is 14.2 Å². The van der Waals surface area contributed by atoms with Gasteiger partial charge in [-0.05, 0) is 74.5 Å². The number of hydrogen-bond acceptors (Lipinski definition) is 9. The van der Waals surface area contributed by atoms with Gasteiger partial charge in [0.15, 0.2) is 0 Å². The van der Waals surface area contributed by atoms with E-state index in [0.717, 1.165) is 57.4 Å². The lowest BCUT2D eigenvalue weighted by molar-refractivity contribution is 0.0215. The molecule has 1 N–H and O–H groups in total. The molecule has 3 aliphatic rings. The van der Waals surface area contributed by atoms with Crippen LogP contribution in [0.2, 0.25) is 0 Å². The first kappa shape index (κ1) is 30.0. The Hall–Kier alpha value is -3.48. The van der Waals surface area contributed by atoms with E-state index >= 15 is 0 Å². The van der Waals surface area contributed by atoms with Crippen molar-refractivity contribution in [3.8, 4) is 5.75 Å². The van der Waals surface area contributed by atoms with Gasteiger partial charge in [0.25, 0.3) is 10.0 Å². The van der Waals surface area contributed by atoms with Crippen LogP contribution in [0, 0.1) is 17.7 Å². The number of fused-ring (bicyclic) bond motifs is 3. The van der Waals surface area contributed by atoms with Crippen LogP contribution in [0.15, 0.2) is 41.3 Å². The molecule has 0 radical (unpaired) electrons. The molecule has 0 aromatic heterocycles. The number of hydrogen-bond donors (Lipinski definition) is 1. The minimum absolute atomic E-state index is 0.0109.